The minimum absolute atomic E-state index is 0.0553. The molecule has 5 nitrogen and oxygen atoms in total. The van der Waals surface area contributed by atoms with Gasteiger partial charge in [-0.1, -0.05) is 12.1 Å². The minimum Gasteiger partial charge on any atom is -0.399 e. The zero-order chi connectivity index (χ0) is 14.1. The molecule has 19 heavy (non-hydrogen) atoms. The van der Waals surface area contributed by atoms with E-state index in [4.69, 9.17) is 15.2 Å². The lowest BCUT2D eigenvalue weighted by atomic mass is 10.1. The van der Waals surface area contributed by atoms with Crippen molar-refractivity contribution in [2.45, 2.75) is 6.42 Å². The second kappa shape index (κ2) is 8.50. The first-order chi connectivity index (χ1) is 9.17. The van der Waals surface area contributed by atoms with E-state index < -0.39 is 0 Å². The van der Waals surface area contributed by atoms with Gasteiger partial charge in [0.25, 0.3) is 0 Å². The van der Waals surface area contributed by atoms with Gasteiger partial charge in [0.2, 0.25) is 5.91 Å². The summed E-state index contributed by atoms with van der Waals surface area (Å²) in [7, 11) is 3.24. The maximum Gasteiger partial charge on any atom is 0.227 e. The third kappa shape index (κ3) is 5.72. The Hall–Kier alpha value is -1.59. The van der Waals surface area contributed by atoms with Crippen LogP contribution in [0, 0.1) is 0 Å². The van der Waals surface area contributed by atoms with Crippen molar-refractivity contribution in [3.8, 4) is 0 Å². The van der Waals surface area contributed by atoms with Gasteiger partial charge >= 0.3 is 0 Å². The number of methoxy groups -OCH3 is 2. The molecule has 0 atom stereocenters. The molecule has 0 heterocycles. The van der Waals surface area contributed by atoms with Crippen LogP contribution in [0.25, 0.3) is 0 Å². The molecule has 0 spiro atoms. The highest BCUT2D eigenvalue weighted by Crippen LogP contribution is 2.08. The first kappa shape index (κ1) is 15.5. The third-order valence-corrected chi connectivity index (χ3v) is 2.79. The van der Waals surface area contributed by atoms with Crippen molar-refractivity contribution in [2.75, 3.05) is 46.3 Å². The van der Waals surface area contributed by atoms with Crippen molar-refractivity contribution in [1.29, 1.82) is 0 Å². The molecule has 0 aromatic heterocycles. The Labute approximate surface area is 114 Å². The van der Waals surface area contributed by atoms with Crippen LogP contribution >= 0.6 is 0 Å². The van der Waals surface area contributed by atoms with E-state index in [0.717, 1.165) is 5.56 Å². The Balaban J connectivity index is 2.59. The number of nitrogens with two attached hydrogens (primary N) is 1. The van der Waals surface area contributed by atoms with E-state index in [1.165, 1.54) is 0 Å². The van der Waals surface area contributed by atoms with E-state index >= 15 is 0 Å². The highest BCUT2D eigenvalue weighted by Gasteiger charge is 2.13. The number of amides is 1. The summed E-state index contributed by atoms with van der Waals surface area (Å²) >= 11 is 0. The van der Waals surface area contributed by atoms with Crippen LogP contribution in [0.5, 0.6) is 0 Å². The maximum atomic E-state index is 12.2. The lowest BCUT2D eigenvalue weighted by Gasteiger charge is -2.22. The smallest absolute Gasteiger partial charge is 0.227 e. The molecule has 0 radical (unpaired) electrons. The van der Waals surface area contributed by atoms with Gasteiger partial charge in [0.15, 0.2) is 0 Å². The van der Waals surface area contributed by atoms with Crippen molar-refractivity contribution in [1.82, 2.24) is 4.90 Å². The maximum absolute atomic E-state index is 12.2. The molecule has 0 aliphatic rings. The van der Waals surface area contributed by atoms with Crippen LogP contribution in [0.4, 0.5) is 5.69 Å². The van der Waals surface area contributed by atoms with Crippen LogP contribution in [0.2, 0.25) is 0 Å². The molecule has 0 aliphatic carbocycles. The monoisotopic (exact) mass is 266 g/mol. The first-order valence-corrected chi connectivity index (χ1v) is 6.27. The quantitative estimate of drug-likeness (QED) is 0.711. The van der Waals surface area contributed by atoms with Gasteiger partial charge in [-0.15, -0.1) is 0 Å². The van der Waals surface area contributed by atoms with Crippen molar-refractivity contribution < 1.29 is 14.3 Å². The molecule has 106 valence electrons. The van der Waals surface area contributed by atoms with Crippen LogP contribution in [-0.4, -0.2) is 51.3 Å². The highest BCUT2D eigenvalue weighted by molar-refractivity contribution is 5.79. The number of benzene rings is 1. The zero-order valence-electron chi connectivity index (χ0n) is 11.6. The molecular formula is C14H22N2O3. The third-order valence-electron chi connectivity index (χ3n) is 2.79. The number of hydrogen-bond acceptors (Lipinski definition) is 4. The second-order valence-corrected chi connectivity index (χ2v) is 4.29. The molecule has 0 saturated heterocycles. The van der Waals surface area contributed by atoms with E-state index in [0.29, 0.717) is 38.4 Å². The molecule has 1 aromatic rings. The molecule has 0 unspecified atom stereocenters. The normalized spacial score (nSPS) is 10.4. The summed E-state index contributed by atoms with van der Waals surface area (Å²) in [6, 6.07) is 7.38. The molecule has 1 rings (SSSR count). The van der Waals surface area contributed by atoms with Gasteiger partial charge in [-0.05, 0) is 17.7 Å². The number of nitrogen functional groups attached to an aromatic ring is 1. The van der Waals surface area contributed by atoms with Crippen LogP contribution in [0.3, 0.4) is 0 Å². The van der Waals surface area contributed by atoms with Gasteiger partial charge < -0.3 is 20.1 Å². The van der Waals surface area contributed by atoms with Crippen LogP contribution < -0.4 is 5.73 Å². The Morgan fingerprint density at radius 1 is 1.21 bits per heavy atom. The number of nitrogens with zero attached hydrogens (tertiary/aromatic N) is 1. The van der Waals surface area contributed by atoms with Gasteiger partial charge in [-0.3, -0.25) is 4.79 Å². The van der Waals surface area contributed by atoms with Crippen molar-refractivity contribution in [3.63, 3.8) is 0 Å². The van der Waals surface area contributed by atoms with Gasteiger partial charge in [0.05, 0.1) is 19.6 Å². The summed E-state index contributed by atoms with van der Waals surface area (Å²) < 4.78 is 10.0. The van der Waals surface area contributed by atoms with E-state index in [1.54, 1.807) is 19.1 Å². The molecule has 1 aromatic carbocycles. The lowest BCUT2D eigenvalue weighted by Crippen LogP contribution is -2.37. The molecule has 2 N–H and O–H groups in total. The largest absolute Gasteiger partial charge is 0.399 e. The van der Waals surface area contributed by atoms with E-state index in [1.807, 2.05) is 24.3 Å². The number of ether oxygens (including phenoxy) is 2. The standard InChI is InChI=1S/C14H22N2O3/c1-18-8-6-16(7-9-19-2)14(17)11-12-4-3-5-13(15)10-12/h3-5,10H,6-9,11,15H2,1-2H3. The number of hydrogen-bond donors (Lipinski definition) is 1. The topological polar surface area (TPSA) is 64.8 Å². The van der Waals surface area contributed by atoms with Gasteiger partial charge in [-0.2, -0.15) is 0 Å². The average Bonchev–Trinajstić information content (AvgIpc) is 2.38. The minimum atomic E-state index is 0.0553. The zero-order valence-corrected chi connectivity index (χ0v) is 11.6. The molecule has 1 amide bonds. The van der Waals surface area contributed by atoms with Crippen LogP contribution in [0.15, 0.2) is 24.3 Å². The Morgan fingerprint density at radius 2 is 1.84 bits per heavy atom. The van der Waals surface area contributed by atoms with E-state index in [2.05, 4.69) is 0 Å². The van der Waals surface area contributed by atoms with Crippen molar-refractivity contribution >= 4 is 11.6 Å². The predicted molar refractivity (Wildman–Crippen MR) is 74.9 cm³/mol. The molecular weight excluding hydrogens is 244 g/mol. The first-order valence-electron chi connectivity index (χ1n) is 6.27. The Bertz CT molecular complexity index is 388. The number of carbonyl (C=O) groups excluding carboxylic acids is 1. The summed E-state index contributed by atoms with van der Waals surface area (Å²) in [4.78, 5) is 14.0. The molecule has 0 fully saturated rings. The van der Waals surface area contributed by atoms with Crippen LogP contribution in [0.1, 0.15) is 5.56 Å². The second-order valence-electron chi connectivity index (χ2n) is 4.29. The predicted octanol–water partition coefficient (Wildman–Crippen LogP) is 0.933. The molecule has 5 heteroatoms. The molecule has 0 bridgehead atoms. The summed E-state index contributed by atoms with van der Waals surface area (Å²) in [5.74, 6) is 0.0553. The Morgan fingerprint density at radius 3 is 2.37 bits per heavy atom. The summed E-state index contributed by atoms with van der Waals surface area (Å²) in [6.07, 6.45) is 0.346. The van der Waals surface area contributed by atoms with Gasteiger partial charge in [0.1, 0.15) is 0 Å². The van der Waals surface area contributed by atoms with Gasteiger partial charge in [0, 0.05) is 33.0 Å². The fourth-order valence-corrected chi connectivity index (χ4v) is 1.75. The average molecular weight is 266 g/mol. The number of anilines is 1. The molecule has 0 aliphatic heterocycles. The fraction of sp³-hybridized carbons (Fsp3) is 0.500. The fourth-order valence-electron chi connectivity index (χ4n) is 1.75. The van der Waals surface area contributed by atoms with E-state index in [9.17, 15) is 4.79 Å². The summed E-state index contributed by atoms with van der Waals surface area (Å²) in [5, 5.41) is 0. The highest BCUT2D eigenvalue weighted by atomic mass is 16.5. The Kier molecular flexibility index (Phi) is 6.92. The molecule has 0 saturated carbocycles. The summed E-state index contributed by atoms with van der Waals surface area (Å²) in [5.41, 5.74) is 7.30. The summed E-state index contributed by atoms with van der Waals surface area (Å²) in [6.45, 7) is 2.18. The van der Waals surface area contributed by atoms with Crippen molar-refractivity contribution in [2.24, 2.45) is 0 Å². The van der Waals surface area contributed by atoms with Gasteiger partial charge in [-0.25, -0.2) is 0 Å². The van der Waals surface area contributed by atoms with Crippen LogP contribution in [-0.2, 0) is 20.7 Å². The van der Waals surface area contributed by atoms with Crippen molar-refractivity contribution in [3.05, 3.63) is 29.8 Å². The SMILES string of the molecule is COCCN(CCOC)C(=O)Cc1cccc(N)c1. The lowest BCUT2D eigenvalue weighted by molar-refractivity contribution is -0.131. The van der Waals surface area contributed by atoms with E-state index in [-0.39, 0.29) is 5.91 Å². The number of carbonyl (C=O) groups is 1. The number of rotatable bonds is 8.